The first kappa shape index (κ1) is 18.1. The Morgan fingerprint density at radius 1 is 1.32 bits per heavy atom. The van der Waals surface area contributed by atoms with E-state index in [9.17, 15) is 4.79 Å². The molecule has 3 heterocycles. The van der Waals surface area contributed by atoms with Crippen molar-refractivity contribution in [1.82, 2.24) is 20.4 Å². The van der Waals surface area contributed by atoms with Crippen molar-refractivity contribution in [2.24, 2.45) is 0 Å². The fraction of sp³-hybridized carbons (Fsp3) is 0.722. The van der Waals surface area contributed by atoms with Gasteiger partial charge in [0, 0.05) is 32.2 Å². The summed E-state index contributed by atoms with van der Waals surface area (Å²) in [5.74, 6) is 1.09. The van der Waals surface area contributed by atoms with E-state index in [1.807, 2.05) is 24.0 Å². The van der Waals surface area contributed by atoms with E-state index in [-0.39, 0.29) is 12.0 Å². The maximum atomic E-state index is 12.5. The lowest BCUT2D eigenvalue weighted by Gasteiger charge is -2.35. The van der Waals surface area contributed by atoms with Gasteiger partial charge in [0.2, 0.25) is 5.91 Å². The highest BCUT2D eigenvalue weighted by Crippen LogP contribution is 2.17. The van der Waals surface area contributed by atoms with Crippen molar-refractivity contribution < 1.29 is 9.53 Å². The second kappa shape index (κ2) is 8.58. The molecule has 25 heavy (non-hydrogen) atoms. The third-order valence-corrected chi connectivity index (χ3v) is 5.02. The van der Waals surface area contributed by atoms with Crippen molar-refractivity contribution in [2.75, 3.05) is 44.2 Å². The standard InChI is InChI=1S/C18H29N5O2/c1-3-16-13-23(9-10-25-16)18(24)11-19-15-5-4-8-22(12-15)17-7-6-14(2)20-21-17/h6-7,15-16,19H,3-5,8-13H2,1-2H3/t15-,16-/m0/s1. The summed E-state index contributed by atoms with van der Waals surface area (Å²) in [6.45, 7) is 8.36. The molecule has 0 bridgehead atoms. The summed E-state index contributed by atoms with van der Waals surface area (Å²) < 4.78 is 5.64. The van der Waals surface area contributed by atoms with Crippen LogP contribution in [0.1, 0.15) is 31.9 Å². The lowest BCUT2D eigenvalue weighted by Crippen LogP contribution is -2.52. The molecule has 1 N–H and O–H groups in total. The Hall–Kier alpha value is -1.73. The number of aromatic nitrogens is 2. The highest BCUT2D eigenvalue weighted by molar-refractivity contribution is 5.78. The van der Waals surface area contributed by atoms with E-state index < -0.39 is 0 Å². The topological polar surface area (TPSA) is 70.6 Å². The second-order valence-electron chi connectivity index (χ2n) is 6.94. The predicted octanol–water partition coefficient (Wildman–Crippen LogP) is 0.981. The van der Waals surface area contributed by atoms with Gasteiger partial charge in [-0.05, 0) is 38.3 Å². The maximum Gasteiger partial charge on any atom is 0.236 e. The summed E-state index contributed by atoms with van der Waals surface area (Å²) in [5, 5.41) is 11.9. The molecule has 2 aliphatic rings. The number of piperidine rings is 1. The minimum Gasteiger partial charge on any atom is -0.375 e. The van der Waals surface area contributed by atoms with Gasteiger partial charge in [0.25, 0.3) is 0 Å². The van der Waals surface area contributed by atoms with Crippen LogP contribution in [0.4, 0.5) is 5.82 Å². The lowest BCUT2D eigenvalue weighted by molar-refractivity contribution is -0.138. The van der Waals surface area contributed by atoms with Crippen molar-refractivity contribution in [2.45, 2.75) is 45.3 Å². The number of amides is 1. The molecule has 2 aliphatic heterocycles. The fourth-order valence-corrected chi connectivity index (χ4v) is 3.45. The van der Waals surface area contributed by atoms with E-state index in [0.717, 1.165) is 43.9 Å². The Kier molecular flexibility index (Phi) is 6.20. The summed E-state index contributed by atoms with van der Waals surface area (Å²) in [7, 11) is 0. The first-order chi connectivity index (χ1) is 12.2. The number of carbonyl (C=O) groups is 1. The van der Waals surface area contributed by atoms with E-state index in [0.29, 0.717) is 32.3 Å². The Morgan fingerprint density at radius 2 is 2.20 bits per heavy atom. The van der Waals surface area contributed by atoms with Crippen LogP contribution in [-0.4, -0.2) is 72.5 Å². The third kappa shape index (κ3) is 4.89. The van der Waals surface area contributed by atoms with Crippen LogP contribution in [0.3, 0.4) is 0 Å². The zero-order valence-electron chi connectivity index (χ0n) is 15.3. The molecule has 0 radical (unpaired) electrons. The lowest BCUT2D eigenvalue weighted by atomic mass is 10.1. The molecule has 0 saturated carbocycles. The summed E-state index contributed by atoms with van der Waals surface area (Å²) >= 11 is 0. The smallest absolute Gasteiger partial charge is 0.236 e. The van der Waals surface area contributed by atoms with Gasteiger partial charge in [-0.25, -0.2) is 0 Å². The number of ether oxygens (including phenoxy) is 1. The van der Waals surface area contributed by atoms with Crippen molar-refractivity contribution in [3.05, 3.63) is 17.8 Å². The number of carbonyl (C=O) groups excluding carboxylic acids is 1. The number of anilines is 1. The fourth-order valence-electron chi connectivity index (χ4n) is 3.45. The maximum absolute atomic E-state index is 12.5. The van der Waals surface area contributed by atoms with Crippen LogP contribution in [0.15, 0.2) is 12.1 Å². The molecule has 7 heteroatoms. The first-order valence-electron chi connectivity index (χ1n) is 9.33. The number of rotatable bonds is 5. The number of aryl methyl sites for hydroxylation is 1. The highest BCUT2D eigenvalue weighted by Gasteiger charge is 2.25. The minimum absolute atomic E-state index is 0.175. The molecule has 2 atom stereocenters. The van der Waals surface area contributed by atoms with Crippen molar-refractivity contribution in [1.29, 1.82) is 0 Å². The zero-order chi connectivity index (χ0) is 17.6. The zero-order valence-corrected chi connectivity index (χ0v) is 15.3. The molecule has 0 unspecified atom stereocenters. The number of morpholine rings is 1. The molecule has 138 valence electrons. The molecule has 2 fully saturated rings. The Labute approximate surface area is 149 Å². The van der Waals surface area contributed by atoms with E-state index in [2.05, 4.69) is 27.3 Å². The molecule has 0 aliphatic carbocycles. The van der Waals surface area contributed by atoms with E-state index in [1.165, 1.54) is 0 Å². The van der Waals surface area contributed by atoms with Crippen LogP contribution in [0.2, 0.25) is 0 Å². The Balaban J connectivity index is 1.47. The van der Waals surface area contributed by atoms with Crippen LogP contribution in [0.5, 0.6) is 0 Å². The first-order valence-corrected chi connectivity index (χ1v) is 9.33. The Morgan fingerprint density at radius 3 is 2.96 bits per heavy atom. The normalized spacial score (nSPS) is 24.4. The SMILES string of the molecule is CC[C@H]1CN(C(=O)CN[C@H]2CCCN(c3ccc(C)nn3)C2)CCO1. The average Bonchev–Trinajstić information content (AvgIpc) is 2.67. The van der Waals surface area contributed by atoms with Crippen LogP contribution >= 0.6 is 0 Å². The van der Waals surface area contributed by atoms with Crippen molar-refractivity contribution >= 4 is 11.7 Å². The van der Waals surface area contributed by atoms with E-state index in [4.69, 9.17) is 4.74 Å². The van der Waals surface area contributed by atoms with E-state index in [1.54, 1.807) is 0 Å². The van der Waals surface area contributed by atoms with E-state index >= 15 is 0 Å². The monoisotopic (exact) mass is 347 g/mol. The molecular weight excluding hydrogens is 318 g/mol. The van der Waals surface area contributed by atoms with Crippen LogP contribution in [-0.2, 0) is 9.53 Å². The van der Waals surface area contributed by atoms with Crippen LogP contribution in [0, 0.1) is 6.92 Å². The molecule has 1 amide bonds. The van der Waals surface area contributed by atoms with Gasteiger partial charge in [-0.2, -0.15) is 5.10 Å². The molecular formula is C18H29N5O2. The summed E-state index contributed by atoms with van der Waals surface area (Å²) in [6, 6.07) is 4.32. The molecule has 3 rings (SSSR count). The van der Waals surface area contributed by atoms with Gasteiger partial charge in [-0.3, -0.25) is 4.79 Å². The average molecular weight is 347 g/mol. The number of hydrogen-bond acceptors (Lipinski definition) is 6. The minimum atomic E-state index is 0.175. The highest BCUT2D eigenvalue weighted by atomic mass is 16.5. The molecule has 0 spiro atoms. The van der Waals surface area contributed by atoms with Gasteiger partial charge >= 0.3 is 0 Å². The van der Waals surface area contributed by atoms with Gasteiger partial charge in [0.15, 0.2) is 5.82 Å². The summed E-state index contributed by atoms with van der Waals surface area (Å²) in [4.78, 5) is 16.6. The summed E-state index contributed by atoms with van der Waals surface area (Å²) in [5.41, 5.74) is 0.928. The molecule has 0 aromatic carbocycles. The van der Waals surface area contributed by atoms with Gasteiger partial charge in [0.1, 0.15) is 0 Å². The largest absolute Gasteiger partial charge is 0.375 e. The second-order valence-corrected chi connectivity index (χ2v) is 6.94. The van der Waals surface area contributed by atoms with Crippen molar-refractivity contribution in [3.63, 3.8) is 0 Å². The van der Waals surface area contributed by atoms with Gasteiger partial charge < -0.3 is 19.9 Å². The predicted molar refractivity (Wildman–Crippen MR) is 96.6 cm³/mol. The van der Waals surface area contributed by atoms with Gasteiger partial charge in [-0.1, -0.05) is 6.92 Å². The molecule has 2 saturated heterocycles. The number of nitrogens with zero attached hydrogens (tertiary/aromatic N) is 4. The Bertz CT molecular complexity index is 565. The number of nitrogens with one attached hydrogen (secondary N) is 1. The summed E-state index contributed by atoms with van der Waals surface area (Å²) in [6.07, 6.45) is 3.32. The number of hydrogen-bond donors (Lipinski definition) is 1. The quantitative estimate of drug-likeness (QED) is 0.856. The third-order valence-electron chi connectivity index (χ3n) is 5.02. The molecule has 1 aromatic heterocycles. The molecule has 7 nitrogen and oxygen atoms in total. The van der Waals surface area contributed by atoms with Crippen LogP contribution < -0.4 is 10.2 Å². The van der Waals surface area contributed by atoms with Crippen molar-refractivity contribution in [3.8, 4) is 0 Å². The van der Waals surface area contributed by atoms with Gasteiger partial charge in [0.05, 0.1) is 24.9 Å². The van der Waals surface area contributed by atoms with Crippen LogP contribution in [0.25, 0.3) is 0 Å². The molecule has 1 aromatic rings. The van der Waals surface area contributed by atoms with Gasteiger partial charge in [-0.15, -0.1) is 5.10 Å².